The van der Waals surface area contributed by atoms with Gasteiger partial charge in [0.05, 0.1) is 19.2 Å². The first-order valence-electron chi connectivity index (χ1n) is 7.14. The molecule has 1 aliphatic heterocycles. The van der Waals surface area contributed by atoms with Gasteiger partial charge in [-0.05, 0) is 24.5 Å². The molecule has 3 rings (SSSR count). The lowest BCUT2D eigenvalue weighted by Crippen LogP contribution is -2.24. The molecule has 0 bridgehead atoms. The number of benzene rings is 1. The highest BCUT2D eigenvalue weighted by molar-refractivity contribution is 7.13. The smallest absolute Gasteiger partial charge is 0.305 e. The summed E-state index contributed by atoms with van der Waals surface area (Å²) in [5.74, 6) is -0.187. The Labute approximate surface area is 128 Å². The largest absolute Gasteiger partial charge is 0.469 e. The molecule has 2 aromatic rings. The molecule has 110 valence electrons. The summed E-state index contributed by atoms with van der Waals surface area (Å²) in [7, 11) is 1.42. The van der Waals surface area contributed by atoms with Crippen LogP contribution in [0.5, 0.6) is 0 Å². The van der Waals surface area contributed by atoms with E-state index in [9.17, 15) is 4.79 Å². The summed E-state index contributed by atoms with van der Waals surface area (Å²) >= 11 is 1.64. The zero-order valence-electron chi connectivity index (χ0n) is 12.0. The van der Waals surface area contributed by atoms with Crippen molar-refractivity contribution in [2.45, 2.75) is 25.7 Å². The topological polar surface area (TPSA) is 42.4 Å². The van der Waals surface area contributed by atoms with Gasteiger partial charge in [-0.3, -0.25) is 4.79 Å². The SMILES string of the molecule is COC(=O)CCc1csc(N2CCCc3ccccc32)n1. The maximum absolute atomic E-state index is 11.2. The molecule has 0 fully saturated rings. The summed E-state index contributed by atoms with van der Waals surface area (Å²) in [6, 6.07) is 8.51. The van der Waals surface area contributed by atoms with Crippen LogP contribution in [-0.2, 0) is 22.4 Å². The number of thiazole rings is 1. The maximum Gasteiger partial charge on any atom is 0.305 e. The minimum Gasteiger partial charge on any atom is -0.469 e. The lowest BCUT2D eigenvalue weighted by atomic mass is 10.0. The van der Waals surface area contributed by atoms with Crippen molar-refractivity contribution in [2.75, 3.05) is 18.6 Å². The van der Waals surface area contributed by atoms with Crippen molar-refractivity contribution < 1.29 is 9.53 Å². The third kappa shape index (κ3) is 3.08. The Morgan fingerprint density at radius 2 is 2.29 bits per heavy atom. The van der Waals surface area contributed by atoms with Crippen LogP contribution < -0.4 is 4.90 Å². The number of ether oxygens (including phenoxy) is 1. The van der Waals surface area contributed by atoms with Gasteiger partial charge in [-0.15, -0.1) is 11.3 Å². The predicted octanol–water partition coefficient (Wildman–Crippen LogP) is 3.33. The molecule has 2 heterocycles. The van der Waals surface area contributed by atoms with E-state index in [4.69, 9.17) is 0 Å². The van der Waals surface area contributed by atoms with Gasteiger partial charge in [0, 0.05) is 24.0 Å². The van der Waals surface area contributed by atoms with Crippen molar-refractivity contribution in [1.29, 1.82) is 0 Å². The molecule has 1 aliphatic rings. The first-order valence-corrected chi connectivity index (χ1v) is 8.02. The number of esters is 1. The molecule has 0 spiro atoms. The minimum absolute atomic E-state index is 0.187. The van der Waals surface area contributed by atoms with Gasteiger partial charge < -0.3 is 9.64 Å². The van der Waals surface area contributed by atoms with E-state index in [2.05, 4.69) is 38.9 Å². The Morgan fingerprint density at radius 3 is 3.14 bits per heavy atom. The second-order valence-electron chi connectivity index (χ2n) is 5.08. The number of aryl methyl sites for hydroxylation is 2. The molecule has 0 atom stereocenters. The van der Waals surface area contributed by atoms with E-state index < -0.39 is 0 Å². The monoisotopic (exact) mass is 302 g/mol. The highest BCUT2D eigenvalue weighted by Gasteiger charge is 2.20. The Bertz CT molecular complexity index is 639. The Morgan fingerprint density at radius 1 is 1.43 bits per heavy atom. The third-order valence-corrected chi connectivity index (χ3v) is 4.61. The number of aromatic nitrogens is 1. The molecule has 0 saturated heterocycles. The summed E-state index contributed by atoms with van der Waals surface area (Å²) in [6.45, 7) is 1.00. The second-order valence-corrected chi connectivity index (χ2v) is 5.92. The quantitative estimate of drug-likeness (QED) is 0.812. The number of methoxy groups -OCH3 is 1. The van der Waals surface area contributed by atoms with E-state index in [0.717, 1.165) is 30.2 Å². The first-order chi connectivity index (χ1) is 10.3. The first kappa shape index (κ1) is 14.1. The normalized spacial score (nSPS) is 13.9. The van der Waals surface area contributed by atoms with Gasteiger partial charge in [-0.1, -0.05) is 18.2 Å². The van der Waals surface area contributed by atoms with Crippen molar-refractivity contribution in [3.8, 4) is 0 Å². The van der Waals surface area contributed by atoms with Crippen LogP contribution in [0.25, 0.3) is 0 Å². The van der Waals surface area contributed by atoms with Crippen molar-refractivity contribution >= 4 is 28.1 Å². The summed E-state index contributed by atoms with van der Waals surface area (Å²) in [5, 5.41) is 3.05. The van der Waals surface area contributed by atoms with Crippen LogP contribution in [0.3, 0.4) is 0 Å². The fourth-order valence-corrected chi connectivity index (χ4v) is 3.50. The number of fused-ring (bicyclic) bond motifs is 1. The van der Waals surface area contributed by atoms with Crippen LogP contribution in [-0.4, -0.2) is 24.6 Å². The standard InChI is InChI=1S/C16H18N2O2S/c1-20-15(19)9-8-13-11-21-16(17-13)18-10-4-6-12-5-2-3-7-14(12)18/h2-3,5,7,11H,4,6,8-10H2,1H3. The van der Waals surface area contributed by atoms with Gasteiger partial charge in [0.1, 0.15) is 0 Å². The fraction of sp³-hybridized carbons (Fsp3) is 0.375. The van der Waals surface area contributed by atoms with Crippen LogP contribution >= 0.6 is 11.3 Å². The molecule has 0 radical (unpaired) electrons. The number of rotatable bonds is 4. The van der Waals surface area contributed by atoms with Gasteiger partial charge in [0.15, 0.2) is 5.13 Å². The molecule has 0 aliphatic carbocycles. The number of nitrogens with zero attached hydrogens (tertiary/aromatic N) is 2. The van der Waals surface area contributed by atoms with E-state index in [1.165, 1.54) is 18.4 Å². The summed E-state index contributed by atoms with van der Waals surface area (Å²) < 4.78 is 4.67. The summed E-state index contributed by atoms with van der Waals surface area (Å²) in [6.07, 6.45) is 3.30. The lowest BCUT2D eigenvalue weighted by molar-refractivity contribution is -0.140. The van der Waals surface area contributed by atoms with Gasteiger partial charge in [-0.25, -0.2) is 4.98 Å². The lowest BCUT2D eigenvalue weighted by Gasteiger charge is -2.28. The van der Waals surface area contributed by atoms with Crippen LogP contribution in [0.2, 0.25) is 0 Å². The zero-order chi connectivity index (χ0) is 14.7. The molecule has 21 heavy (non-hydrogen) atoms. The number of carbonyl (C=O) groups excluding carboxylic acids is 1. The van der Waals surface area contributed by atoms with Crippen molar-refractivity contribution in [3.63, 3.8) is 0 Å². The molecule has 0 amide bonds. The van der Waals surface area contributed by atoms with Gasteiger partial charge in [0.25, 0.3) is 0 Å². The molecule has 4 nitrogen and oxygen atoms in total. The number of hydrogen-bond acceptors (Lipinski definition) is 5. The van der Waals surface area contributed by atoms with Crippen LogP contribution in [0, 0.1) is 0 Å². The average molecular weight is 302 g/mol. The molecular weight excluding hydrogens is 284 g/mol. The summed E-state index contributed by atoms with van der Waals surface area (Å²) in [5.41, 5.74) is 3.61. The maximum atomic E-state index is 11.2. The summed E-state index contributed by atoms with van der Waals surface area (Å²) in [4.78, 5) is 18.2. The molecule has 5 heteroatoms. The molecule has 0 N–H and O–H groups in total. The van der Waals surface area contributed by atoms with Crippen molar-refractivity contribution in [1.82, 2.24) is 4.98 Å². The highest BCUT2D eigenvalue weighted by Crippen LogP contribution is 2.35. The second kappa shape index (κ2) is 6.26. The Kier molecular flexibility index (Phi) is 4.20. The number of anilines is 2. The van der Waals surface area contributed by atoms with E-state index in [0.29, 0.717) is 12.8 Å². The Hall–Kier alpha value is -1.88. The number of para-hydroxylation sites is 1. The van der Waals surface area contributed by atoms with Crippen LogP contribution in [0.4, 0.5) is 10.8 Å². The van der Waals surface area contributed by atoms with E-state index in [-0.39, 0.29) is 5.97 Å². The molecule has 0 unspecified atom stereocenters. The molecule has 1 aromatic carbocycles. The highest BCUT2D eigenvalue weighted by atomic mass is 32.1. The predicted molar refractivity (Wildman–Crippen MR) is 84.2 cm³/mol. The molecule has 1 aromatic heterocycles. The van der Waals surface area contributed by atoms with Crippen molar-refractivity contribution in [3.05, 3.63) is 40.9 Å². The Balaban J connectivity index is 1.76. The van der Waals surface area contributed by atoms with Gasteiger partial charge in [0.2, 0.25) is 0 Å². The molecule has 0 saturated carbocycles. The molecular formula is C16H18N2O2S. The van der Waals surface area contributed by atoms with Gasteiger partial charge in [-0.2, -0.15) is 0 Å². The van der Waals surface area contributed by atoms with Crippen LogP contribution in [0.1, 0.15) is 24.1 Å². The number of hydrogen-bond donors (Lipinski definition) is 0. The van der Waals surface area contributed by atoms with Crippen molar-refractivity contribution in [2.24, 2.45) is 0 Å². The minimum atomic E-state index is -0.187. The fourth-order valence-electron chi connectivity index (χ4n) is 2.60. The average Bonchev–Trinajstić information content (AvgIpc) is 3.00. The van der Waals surface area contributed by atoms with Crippen LogP contribution in [0.15, 0.2) is 29.6 Å². The van der Waals surface area contributed by atoms with E-state index in [1.54, 1.807) is 11.3 Å². The number of carbonyl (C=O) groups is 1. The zero-order valence-corrected chi connectivity index (χ0v) is 12.9. The van der Waals surface area contributed by atoms with Gasteiger partial charge >= 0.3 is 5.97 Å². The van der Waals surface area contributed by atoms with E-state index >= 15 is 0 Å². The third-order valence-electron chi connectivity index (χ3n) is 3.69. The van der Waals surface area contributed by atoms with E-state index in [1.807, 2.05) is 5.38 Å².